The van der Waals surface area contributed by atoms with Crippen LogP contribution in [-0.4, -0.2) is 73.3 Å². The Morgan fingerprint density at radius 2 is 1.95 bits per heavy atom. The van der Waals surface area contributed by atoms with Crippen LogP contribution in [0.5, 0.6) is 0 Å². The first-order chi connectivity index (χ1) is 17.7. The molecular weight excluding hydrogens is 522 g/mol. The number of nitrogens with one attached hydrogen (secondary N) is 1. The van der Waals surface area contributed by atoms with Crippen LogP contribution in [0.4, 0.5) is 38.5 Å². The molecule has 37 heavy (non-hydrogen) atoms. The van der Waals surface area contributed by atoms with Gasteiger partial charge in [0, 0.05) is 42.7 Å². The molecule has 2 fully saturated rings. The maximum absolute atomic E-state index is 15.1. The number of aromatic nitrogens is 1. The van der Waals surface area contributed by atoms with Crippen molar-refractivity contribution in [3.05, 3.63) is 40.4 Å². The van der Waals surface area contributed by atoms with E-state index in [0.29, 0.717) is 0 Å². The van der Waals surface area contributed by atoms with Gasteiger partial charge in [-0.15, -0.1) is 11.3 Å². The number of benzene rings is 1. The molecule has 4 rings (SSSR count). The lowest BCUT2D eigenvalue weighted by Gasteiger charge is -2.24. The molecule has 200 valence electrons. The lowest BCUT2D eigenvalue weighted by molar-refractivity contribution is -0.129. The zero-order valence-electron chi connectivity index (χ0n) is 19.4. The van der Waals surface area contributed by atoms with Gasteiger partial charge in [0.05, 0.1) is 37.4 Å². The minimum Gasteiger partial charge on any atom is -0.444 e. The van der Waals surface area contributed by atoms with Crippen LogP contribution in [0, 0.1) is 11.6 Å². The average molecular weight is 546 g/mol. The van der Waals surface area contributed by atoms with E-state index in [9.17, 15) is 23.2 Å². The lowest BCUT2D eigenvalue weighted by atomic mass is 10.1. The Morgan fingerprint density at radius 1 is 1.19 bits per heavy atom. The summed E-state index contributed by atoms with van der Waals surface area (Å²) >= 11 is 1.38. The number of carbonyl (C=O) groups is 3. The normalized spacial score (nSPS) is 18.2. The van der Waals surface area contributed by atoms with Crippen LogP contribution in [-0.2, 0) is 20.9 Å². The number of alkyl halides is 2. The van der Waals surface area contributed by atoms with Crippen molar-refractivity contribution in [2.24, 2.45) is 0 Å². The monoisotopic (exact) mass is 545 g/mol. The van der Waals surface area contributed by atoms with E-state index in [2.05, 4.69) is 10.3 Å². The Hall–Kier alpha value is -3.46. The van der Waals surface area contributed by atoms with Crippen molar-refractivity contribution in [3.8, 4) is 0 Å². The summed E-state index contributed by atoms with van der Waals surface area (Å²) in [6, 6.07) is 1.44. The maximum Gasteiger partial charge on any atom is 0.414 e. The predicted molar refractivity (Wildman–Crippen MR) is 123 cm³/mol. The fourth-order valence-corrected chi connectivity index (χ4v) is 4.45. The zero-order chi connectivity index (χ0) is 26.5. The van der Waals surface area contributed by atoms with Crippen molar-refractivity contribution in [2.45, 2.75) is 31.9 Å². The van der Waals surface area contributed by atoms with Crippen LogP contribution >= 0.6 is 11.3 Å². The van der Waals surface area contributed by atoms with Gasteiger partial charge in [-0.25, -0.2) is 32.2 Å². The summed E-state index contributed by atoms with van der Waals surface area (Å²) in [4.78, 5) is 48.3. The molecule has 2 saturated heterocycles. The second kappa shape index (κ2) is 11.7. The van der Waals surface area contributed by atoms with Gasteiger partial charge < -0.3 is 15.0 Å². The molecule has 1 aromatic carbocycles. The Balaban J connectivity index is 1.37. The summed E-state index contributed by atoms with van der Waals surface area (Å²) < 4.78 is 59.9. The van der Waals surface area contributed by atoms with Crippen molar-refractivity contribution >= 4 is 40.6 Å². The number of nitrogens with zero attached hydrogens (tertiary/aromatic N) is 4. The molecule has 2 aromatic rings. The highest BCUT2D eigenvalue weighted by molar-refractivity contribution is 7.09. The van der Waals surface area contributed by atoms with Crippen LogP contribution < -0.4 is 15.1 Å². The van der Waals surface area contributed by atoms with E-state index in [4.69, 9.17) is 9.57 Å². The quantitative estimate of drug-likeness (QED) is 0.508. The number of urea groups is 1. The SMILES string of the molecule is O=C(CC[C@H]1CN(c2cc(F)c(N3CCON(C(=O)NCc4cncs4)CC3)c(F)c2)C(=O)O1)C(F)F. The first-order valence-corrected chi connectivity index (χ1v) is 12.2. The Morgan fingerprint density at radius 3 is 2.62 bits per heavy atom. The van der Waals surface area contributed by atoms with Gasteiger partial charge in [0.1, 0.15) is 11.8 Å². The van der Waals surface area contributed by atoms with Crippen molar-refractivity contribution < 1.29 is 41.5 Å². The molecule has 2 aliphatic rings. The highest BCUT2D eigenvalue weighted by Gasteiger charge is 2.34. The zero-order valence-corrected chi connectivity index (χ0v) is 20.2. The van der Waals surface area contributed by atoms with Gasteiger partial charge >= 0.3 is 12.1 Å². The van der Waals surface area contributed by atoms with E-state index in [1.165, 1.54) is 16.2 Å². The number of Topliss-reactive ketones (excluding diaryl/α,β-unsaturated/α-hetero) is 1. The number of halogens is 4. The number of hydrogen-bond acceptors (Lipinski definition) is 8. The standard InChI is InChI=1S/C22H23F4N5O5S/c23-16-7-13(30-11-14(36-22(30)34)1-2-18(32)20(25)26)8-17(24)19(16)29-3-4-31(35-6-5-29)21(33)28-10-15-9-27-12-37-15/h7-9,12,14,20H,1-6,10-11H2,(H,28,33)/t14-/m0/s1. The number of anilines is 2. The van der Waals surface area contributed by atoms with E-state index >= 15 is 8.78 Å². The number of hydroxylamine groups is 2. The van der Waals surface area contributed by atoms with E-state index in [-0.39, 0.29) is 57.1 Å². The highest BCUT2D eigenvalue weighted by Crippen LogP contribution is 2.32. The topological polar surface area (TPSA) is 104 Å². The third kappa shape index (κ3) is 6.46. The van der Waals surface area contributed by atoms with E-state index in [1.54, 1.807) is 11.7 Å². The van der Waals surface area contributed by atoms with E-state index < -0.39 is 48.5 Å². The molecule has 1 aromatic heterocycles. The van der Waals surface area contributed by atoms with Gasteiger partial charge in [0.25, 0.3) is 6.43 Å². The summed E-state index contributed by atoms with van der Waals surface area (Å²) in [5.41, 5.74) is 1.19. The largest absolute Gasteiger partial charge is 0.444 e. The third-order valence-electron chi connectivity index (χ3n) is 5.76. The molecule has 0 radical (unpaired) electrons. The molecule has 3 heterocycles. The first kappa shape index (κ1) is 26.6. The third-order valence-corrected chi connectivity index (χ3v) is 6.54. The van der Waals surface area contributed by atoms with Crippen LogP contribution in [0.1, 0.15) is 17.7 Å². The van der Waals surface area contributed by atoms with Crippen LogP contribution in [0.25, 0.3) is 0 Å². The number of thiazole rings is 1. The molecule has 1 N–H and O–H groups in total. The molecule has 0 bridgehead atoms. The number of ether oxygens (including phenoxy) is 1. The van der Waals surface area contributed by atoms with Crippen molar-refractivity contribution in [3.63, 3.8) is 0 Å². The summed E-state index contributed by atoms with van der Waals surface area (Å²) in [5, 5.41) is 3.78. The molecule has 0 spiro atoms. The summed E-state index contributed by atoms with van der Waals surface area (Å²) in [6.45, 7) is 0.320. The Kier molecular flexibility index (Phi) is 8.43. The molecule has 3 amide bonds. The minimum atomic E-state index is -3.11. The minimum absolute atomic E-state index is 0.00786. The Bertz CT molecular complexity index is 1120. The smallest absolute Gasteiger partial charge is 0.414 e. The summed E-state index contributed by atoms with van der Waals surface area (Å²) in [7, 11) is 0. The maximum atomic E-state index is 15.1. The predicted octanol–water partition coefficient (Wildman–Crippen LogP) is 3.32. The molecular formula is C22H23F4N5O5S. The van der Waals surface area contributed by atoms with Crippen molar-refractivity contribution in [2.75, 3.05) is 42.6 Å². The number of carbonyl (C=O) groups excluding carboxylic acids is 3. The second-order valence-electron chi connectivity index (χ2n) is 8.23. The fraction of sp³-hybridized carbons (Fsp3) is 0.455. The lowest BCUT2D eigenvalue weighted by Crippen LogP contribution is -2.41. The molecule has 2 aliphatic heterocycles. The molecule has 0 saturated carbocycles. The molecule has 0 unspecified atom stereocenters. The first-order valence-electron chi connectivity index (χ1n) is 11.3. The van der Waals surface area contributed by atoms with Gasteiger partial charge in [-0.1, -0.05) is 0 Å². The van der Waals surface area contributed by atoms with E-state index in [1.807, 2.05) is 0 Å². The van der Waals surface area contributed by atoms with Gasteiger partial charge in [-0.05, 0) is 6.42 Å². The number of hydrogen-bond donors (Lipinski definition) is 1. The average Bonchev–Trinajstić information content (AvgIpc) is 3.44. The van der Waals surface area contributed by atoms with E-state index in [0.717, 1.165) is 27.0 Å². The van der Waals surface area contributed by atoms with Gasteiger partial charge in [0.15, 0.2) is 17.4 Å². The van der Waals surface area contributed by atoms with Gasteiger partial charge in [0.2, 0.25) is 0 Å². The fourth-order valence-electron chi connectivity index (χ4n) is 3.92. The van der Waals surface area contributed by atoms with Crippen LogP contribution in [0.2, 0.25) is 0 Å². The summed E-state index contributed by atoms with van der Waals surface area (Å²) in [5.74, 6) is -3.15. The number of ketones is 1. The second-order valence-corrected chi connectivity index (χ2v) is 9.20. The highest BCUT2D eigenvalue weighted by atomic mass is 32.1. The Labute approximate surface area is 212 Å². The van der Waals surface area contributed by atoms with Crippen LogP contribution in [0.15, 0.2) is 23.8 Å². The summed E-state index contributed by atoms with van der Waals surface area (Å²) in [6.07, 6.45) is -3.86. The van der Waals surface area contributed by atoms with Gasteiger partial charge in [-0.3, -0.25) is 19.5 Å². The number of cyclic esters (lactones) is 1. The van der Waals surface area contributed by atoms with Gasteiger partial charge in [-0.2, -0.15) is 0 Å². The molecule has 15 heteroatoms. The molecule has 10 nitrogen and oxygen atoms in total. The number of amides is 3. The van der Waals surface area contributed by atoms with Crippen molar-refractivity contribution in [1.29, 1.82) is 0 Å². The van der Waals surface area contributed by atoms with Crippen LogP contribution in [0.3, 0.4) is 0 Å². The van der Waals surface area contributed by atoms with Crippen molar-refractivity contribution in [1.82, 2.24) is 15.4 Å². The molecule has 1 atom stereocenters. The number of rotatable bonds is 8. The molecule has 0 aliphatic carbocycles.